The molecule has 0 saturated heterocycles. The van der Waals surface area contributed by atoms with Crippen LogP contribution in [0.5, 0.6) is 0 Å². The minimum atomic E-state index is -0.281. The number of nitrogen functional groups attached to an aromatic ring is 1. The fraction of sp³-hybridized carbons (Fsp3) is 0.188. The fourth-order valence-electron chi connectivity index (χ4n) is 1.83. The van der Waals surface area contributed by atoms with E-state index in [9.17, 15) is 4.79 Å². The van der Waals surface area contributed by atoms with Crippen LogP contribution in [0.2, 0.25) is 0 Å². The van der Waals surface area contributed by atoms with Crippen molar-refractivity contribution in [1.82, 2.24) is 0 Å². The summed E-state index contributed by atoms with van der Waals surface area (Å²) in [5.41, 5.74) is 11.2. The maximum absolute atomic E-state index is 11.9. The largest absolute Gasteiger partial charge is 0.398 e. The van der Waals surface area contributed by atoms with Crippen molar-refractivity contribution in [2.75, 3.05) is 16.4 Å². The summed E-state index contributed by atoms with van der Waals surface area (Å²) in [4.78, 5) is 11.9. The number of carbonyl (C=O) groups excluding carboxylic acids is 1. The van der Waals surface area contributed by atoms with E-state index in [4.69, 9.17) is 5.73 Å². The second kappa shape index (κ2) is 5.65. The minimum absolute atomic E-state index is 0.281. The number of benzene rings is 2. The summed E-state index contributed by atoms with van der Waals surface area (Å²) in [5.74, 6) is 0. The van der Waals surface area contributed by atoms with E-state index in [2.05, 4.69) is 10.6 Å². The highest BCUT2D eigenvalue weighted by Crippen LogP contribution is 2.18. The van der Waals surface area contributed by atoms with Crippen LogP contribution in [-0.4, -0.2) is 6.03 Å². The molecule has 2 aromatic carbocycles. The third kappa shape index (κ3) is 3.29. The number of rotatable bonds is 2. The number of carbonyl (C=O) groups is 1. The molecular formula is C16H19N3O. The van der Waals surface area contributed by atoms with Gasteiger partial charge in [0.1, 0.15) is 0 Å². The second-order valence-electron chi connectivity index (χ2n) is 4.95. The lowest BCUT2D eigenvalue weighted by Crippen LogP contribution is -2.19. The number of nitrogens with one attached hydrogen (secondary N) is 2. The molecule has 0 radical (unpaired) electrons. The van der Waals surface area contributed by atoms with E-state index in [1.165, 1.54) is 5.56 Å². The molecule has 0 heterocycles. The van der Waals surface area contributed by atoms with Crippen LogP contribution in [0, 0.1) is 20.8 Å². The number of amides is 2. The normalized spacial score (nSPS) is 10.2. The predicted molar refractivity (Wildman–Crippen MR) is 84.1 cm³/mol. The van der Waals surface area contributed by atoms with Gasteiger partial charge in [-0.1, -0.05) is 12.1 Å². The van der Waals surface area contributed by atoms with Gasteiger partial charge in [-0.3, -0.25) is 0 Å². The summed E-state index contributed by atoms with van der Waals surface area (Å²) in [7, 11) is 0. The third-order valence-electron chi connectivity index (χ3n) is 3.30. The zero-order valence-corrected chi connectivity index (χ0v) is 11.9. The Morgan fingerprint density at radius 2 is 1.40 bits per heavy atom. The molecule has 4 N–H and O–H groups in total. The van der Waals surface area contributed by atoms with Crippen molar-refractivity contribution in [3.8, 4) is 0 Å². The standard InChI is InChI=1S/C16H19N3O/c1-10-4-6-13(8-12(10)3)18-16(20)19-14-7-5-11(2)15(17)9-14/h4-9H,17H2,1-3H3,(H2,18,19,20). The maximum atomic E-state index is 11.9. The number of anilines is 3. The van der Waals surface area contributed by atoms with Gasteiger partial charge < -0.3 is 16.4 Å². The number of hydrogen-bond donors (Lipinski definition) is 3. The highest BCUT2D eigenvalue weighted by Gasteiger charge is 2.04. The van der Waals surface area contributed by atoms with E-state index in [1.807, 2.05) is 51.1 Å². The average molecular weight is 269 g/mol. The van der Waals surface area contributed by atoms with Gasteiger partial charge in [-0.25, -0.2) is 4.79 Å². The van der Waals surface area contributed by atoms with Crippen molar-refractivity contribution >= 4 is 23.1 Å². The molecule has 0 unspecified atom stereocenters. The van der Waals surface area contributed by atoms with E-state index in [-0.39, 0.29) is 6.03 Å². The molecule has 0 bridgehead atoms. The zero-order chi connectivity index (χ0) is 14.7. The summed E-state index contributed by atoms with van der Waals surface area (Å²) in [6.45, 7) is 5.97. The van der Waals surface area contributed by atoms with Crippen molar-refractivity contribution in [3.05, 3.63) is 53.1 Å². The highest BCUT2D eigenvalue weighted by molar-refractivity contribution is 6.00. The Morgan fingerprint density at radius 3 is 1.95 bits per heavy atom. The van der Waals surface area contributed by atoms with E-state index in [0.717, 1.165) is 16.8 Å². The fourth-order valence-corrected chi connectivity index (χ4v) is 1.83. The summed E-state index contributed by atoms with van der Waals surface area (Å²) in [6.07, 6.45) is 0. The number of aryl methyl sites for hydroxylation is 3. The summed E-state index contributed by atoms with van der Waals surface area (Å²) < 4.78 is 0. The molecule has 4 heteroatoms. The van der Waals surface area contributed by atoms with E-state index >= 15 is 0 Å². The van der Waals surface area contributed by atoms with Crippen LogP contribution in [-0.2, 0) is 0 Å². The topological polar surface area (TPSA) is 67.2 Å². The van der Waals surface area contributed by atoms with Gasteiger partial charge >= 0.3 is 6.03 Å². The van der Waals surface area contributed by atoms with Crippen LogP contribution in [0.15, 0.2) is 36.4 Å². The minimum Gasteiger partial charge on any atom is -0.398 e. The molecule has 20 heavy (non-hydrogen) atoms. The second-order valence-corrected chi connectivity index (χ2v) is 4.95. The SMILES string of the molecule is Cc1ccc(NC(=O)Nc2ccc(C)c(N)c2)cc1C. The van der Waals surface area contributed by atoms with Crippen molar-refractivity contribution in [2.45, 2.75) is 20.8 Å². The molecule has 0 fully saturated rings. The van der Waals surface area contributed by atoms with Crippen LogP contribution >= 0.6 is 0 Å². The lowest BCUT2D eigenvalue weighted by molar-refractivity contribution is 0.262. The van der Waals surface area contributed by atoms with E-state index < -0.39 is 0 Å². The first-order chi connectivity index (χ1) is 9.45. The molecule has 0 aliphatic rings. The summed E-state index contributed by atoms with van der Waals surface area (Å²) >= 11 is 0. The summed E-state index contributed by atoms with van der Waals surface area (Å²) in [6, 6.07) is 11.0. The Bertz CT molecular complexity index is 595. The van der Waals surface area contributed by atoms with Crippen LogP contribution in [0.3, 0.4) is 0 Å². The maximum Gasteiger partial charge on any atom is 0.323 e. The van der Waals surface area contributed by atoms with Gasteiger partial charge in [0.2, 0.25) is 0 Å². The molecule has 2 amide bonds. The molecule has 0 spiro atoms. The molecule has 0 atom stereocenters. The lowest BCUT2D eigenvalue weighted by atomic mass is 10.1. The van der Waals surface area contributed by atoms with Crippen molar-refractivity contribution in [3.63, 3.8) is 0 Å². The molecule has 0 aliphatic heterocycles. The summed E-state index contributed by atoms with van der Waals surface area (Å²) in [5, 5.41) is 5.56. The molecule has 4 nitrogen and oxygen atoms in total. The first-order valence-corrected chi connectivity index (χ1v) is 6.47. The first-order valence-electron chi connectivity index (χ1n) is 6.47. The smallest absolute Gasteiger partial charge is 0.323 e. The van der Waals surface area contributed by atoms with Crippen LogP contribution in [0.4, 0.5) is 21.9 Å². The van der Waals surface area contributed by atoms with Crippen molar-refractivity contribution in [1.29, 1.82) is 0 Å². The molecule has 0 aromatic heterocycles. The Balaban J connectivity index is 2.04. The quantitative estimate of drug-likeness (QED) is 0.725. The first kappa shape index (κ1) is 13.9. The Kier molecular flexibility index (Phi) is 3.94. The van der Waals surface area contributed by atoms with Gasteiger partial charge in [0.15, 0.2) is 0 Å². The molecule has 0 saturated carbocycles. The molecule has 104 valence electrons. The van der Waals surface area contributed by atoms with E-state index in [1.54, 1.807) is 6.07 Å². The zero-order valence-electron chi connectivity index (χ0n) is 11.9. The number of nitrogens with two attached hydrogens (primary N) is 1. The number of urea groups is 1. The molecule has 2 rings (SSSR count). The lowest BCUT2D eigenvalue weighted by Gasteiger charge is -2.10. The van der Waals surface area contributed by atoms with Gasteiger partial charge in [0.25, 0.3) is 0 Å². The number of hydrogen-bond acceptors (Lipinski definition) is 2. The molecule has 2 aromatic rings. The van der Waals surface area contributed by atoms with Gasteiger partial charge in [0.05, 0.1) is 0 Å². The van der Waals surface area contributed by atoms with Gasteiger partial charge in [-0.2, -0.15) is 0 Å². The van der Waals surface area contributed by atoms with Crippen molar-refractivity contribution in [2.24, 2.45) is 0 Å². The van der Waals surface area contributed by atoms with Crippen molar-refractivity contribution < 1.29 is 4.79 Å². The molecule has 0 aliphatic carbocycles. The van der Waals surface area contributed by atoms with Gasteiger partial charge in [-0.15, -0.1) is 0 Å². The Hall–Kier alpha value is -2.49. The van der Waals surface area contributed by atoms with Crippen LogP contribution in [0.1, 0.15) is 16.7 Å². The predicted octanol–water partition coefficient (Wildman–Crippen LogP) is 3.84. The average Bonchev–Trinajstić information content (AvgIpc) is 2.38. The van der Waals surface area contributed by atoms with Crippen LogP contribution < -0.4 is 16.4 Å². The monoisotopic (exact) mass is 269 g/mol. The third-order valence-corrected chi connectivity index (χ3v) is 3.30. The van der Waals surface area contributed by atoms with Crippen LogP contribution in [0.25, 0.3) is 0 Å². The van der Waals surface area contributed by atoms with Gasteiger partial charge in [-0.05, 0) is 61.7 Å². The Morgan fingerprint density at radius 1 is 0.850 bits per heavy atom. The Labute approximate surface area is 119 Å². The van der Waals surface area contributed by atoms with E-state index in [0.29, 0.717) is 11.4 Å². The molecular weight excluding hydrogens is 250 g/mol. The highest BCUT2D eigenvalue weighted by atomic mass is 16.2. The van der Waals surface area contributed by atoms with Gasteiger partial charge in [0, 0.05) is 17.1 Å².